The molecule has 0 aliphatic heterocycles. The first kappa shape index (κ1) is 20.6. The fraction of sp³-hybridized carbons (Fsp3) is 0.130. The zero-order valence-corrected chi connectivity index (χ0v) is 16.4. The van der Waals surface area contributed by atoms with Crippen LogP contribution in [0.25, 0.3) is 11.8 Å². The van der Waals surface area contributed by atoms with Crippen molar-refractivity contribution in [2.45, 2.75) is 13.5 Å². The zero-order chi connectivity index (χ0) is 21.3. The maximum Gasteiger partial charge on any atom is 0.359 e. The number of hydrogen-bond donors (Lipinski definition) is 1. The van der Waals surface area contributed by atoms with E-state index in [2.05, 4.69) is 10.4 Å². The van der Waals surface area contributed by atoms with Crippen molar-refractivity contribution in [1.82, 2.24) is 15.1 Å². The molecule has 2 aromatic carbocycles. The molecule has 1 amide bonds. The van der Waals surface area contributed by atoms with E-state index in [0.29, 0.717) is 5.56 Å². The Morgan fingerprint density at radius 3 is 2.43 bits per heavy atom. The molecule has 1 N–H and O–H groups in total. The summed E-state index contributed by atoms with van der Waals surface area (Å²) in [7, 11) is 0. The van der Waals surface area contributed by atoms with Gasteiger partial charge in [-0.3, -0.25) is 4.79 Å². The van der Waals surface area contributed by atoms with Crippen LogP contribution in [0.3, 0.4) is 0 Å². The molecule has 0 atom stereocenters. The summed E-state index contributed by atoms with van der Waals surface area (Å²) in [5.74, 6) is -1.16. The number of aromatic nitrogens is 2. The van der Waals surface area contributed by atoms with Crippen LogP contribution in [-0.2, 0) is 16.1 Å². The standard InChI is InChI=1S/C23H20N4O3/c1-2-30-23(29)21-19(16-27(26-21)20-11-7-4-8-12-20)13-18(14-24)22(28)25-15-17-9-5-3-6-10-17/h3-13,16H,2,15H2,1H3,(H,25,28)/b18-13-. The molecule has 150 valence electrons. The number of carbonyl (C=O) groups excluding carboxylic acids is 2. The average Bonchev–Trinajstić information content (AvgIpc) is 3.21. The minimum absolute atomic E-state index is 0.0318. The van der Waals surface area contributed by atoms with Crippen molar-refractivity contribution in [3.8, 4) is 11.8 Å². The predicted octanol–water partition coefficient (Wildman–Crippen LogP) is 3.27. The third-order valence-electron chi connectivity index (χ3n) is 4.19. The van der Waals surface area contributed by atoms with Crippen LogP contribution in [0.2, 0.25) is 0 Å². The number of nitrogens with zero attached hydrogens (tertiary/aromatic N) is 3. The number of amides is 1. The van der Waals surface area contributed by atoms with Gasteiger partial charge in [-0.2, -0.15) is 10.4 Å². The van der Waals surface area contributed by atoms with E-state index in [0.717, 1.165) is 11.3 Å². The number of nitrogens with one attached hydrogen (secondary N) is 1. The Bertz CT molecular complexity index is 1100. The van der Waals surface area contributed by atoms with Crippen LogP contribution in [-0.4, -0.2) is 28.3 Å². The highest BCUT2D eigenvalue weighted by molar-refractivity contribution is 6.03. The smallest absolute Gasteiger partial charge is 0.359 e. The summed E-state index contributed by atoms with van der Waals surface area (Å²) < 4.78 is 6.58. The number of rotatable bonds is 7. The van der Waals surface area contributed by atoms with Crippen molar-refractivity contribution < 1.29 is 14.3 Å². The lowest BCUT2D eigenvalue weighted by Gasteiger charge is -2.04. The molecule has 0 saturated carbocycles. The normalized spacial score (nSPS) is 10.9. The number of esters is 1. The number of ether oxygens (including phenoxy) is 1. The van der Waals surface area contributed by atoms with Gasteiger partial charge in [0.05, 0.1) is 12.3 Å². The fourth-order valence-electron chi connectivity index (χ4n) is 2.74. The molecule has 3 rings (SSSR count). The van der Waals surface area contributed by atoms with Crippen LogP contribution >= 0.6 is 0 Å². The molecule has 7 heteroatoms. The third-order valence-corrected chi connectivity index (χ3v) is 4.19. The highest BCUT2D eigenvalue weighted by Crippen LogP contribution is 2.17. The van der Waals surface area contributed by atoms with Crippen molar-refractivity contribution >= 4 is 18.0 Å². The summed E-state index contributed by atoms with van der Waals surface area (Å²) in [5, 5.41) is 16.5. The van der Waals surface area contributed by atoms with Gasteiger partial charge in [0.2, 0.25) is 0 Å². The van der Waals surface area contributed by atoms with E-state index in [4.69, 9.17) is 4.74 Å². The molecule has 3 aromatic rings. The van der Waals surface area contributed by atoms with Crippen LogP contribution in [0.15, 0.2) is 72.4 Å². The van der Waals surface area contributed by atoms with E-state index in [1.54, 1.807) is 13.1 Å². The van der Waals surface area contributed by atoms with E-state index in [-0.39, 0.29) is 24.4 Å². The third kappa shape index (κ3) is 5.00. The van der Waals surface area contributed by atoms with Gasteiger partial charge >= 0.3 is 5.97 Å². The van der Waals surface area contributed by atoms with Gasteiger partial charge in [-0.15, -0.1) is 0 Å². The molecule has 0 aliphatic rings. The van der Waals surface area contributed by atoms with E-state index in [1.165, 1.54) is 10.8 Å². The summed E-state index contributed by atoms with van der Waals surface area (Å²) >= 11 is 0. The molecule has 0 aliphatic carbocycles. The SMILES string of the molecule is CCOC(=O)c1nn(-c2ccccc2)cc1/C=C(/C#N)C(=O)NCc1ccccc1. The van der Waals surface area contributed by atoms with Gasteiger partial charge in [0.1, 0.15) is 11.6 Å². The van der Waals surface area contributed by atoms with Crippen LogP contribution < -0.4 is 5.32 Å². The van der Waals surface area contributed by atoms with Crippen LogP contribution in [0.1, 0.15) is 28.5 Å². The Kier molecular flexibility index (Phi) is 6.74. The molecule has 0 bridgehead atoms. The Morgan fingerprint density at radius 2 is 1.80 bits per heavy atom. The van der Waals surface area contributed by atoms with E-state index >= 15 is 0 Å². The summed E-state index contributed by atoms with van der Waals surface area (Å²) in [6, 6.07) is 20.5. The lowest BCUT2D eigenvalue weighted by atomic mass is 10.1. The molecule has 0 radical (unpaired) electrons. The van der Waals surface area contributed by atoms with Crippen LogP contribution in [0.5, 0.6) is 0 Å². The van der Waals surface area contributed by atoms with E-state index in [1.807, 2.05) is 66.7 Å². The van der Waals surface area contributed by atoms with Crippen molar-refractivity contribution in [1.29, 1.82) is 5.26 Å². The first-order valence-electron chi connectivity index (χ1n) is 9.38. The zero-order valence-electron chi connectivity index (χ0n) is 16.4. The molecule has 0 saturated heterocycles. The Morgan fingerprint density at radius 1 is 1.13 bits per heavy atom. The molecule has 7 nitrogen and oxygen atoms in total. The van der Waals surface area contributed by atoms with Crippen LogP contribution in [0, 0.1) is 11.3 Å². The molecule has 30 heavy (non-hydrogen) atoms. The maximum atomic E-state index is 12.5. The van der Waals surface area contributed by atoms with Crippen LogP contribution in [0.4, 0.5) is 0 Å². The number of hydrogen-bond acceptors (Lipinski definition) is 5. The second-order valence-electron chi connectivity index (χ2n) is 6.27. The lowest BCUT2D eigenvalue weighted by Crippen LogP contribution is -2.24. The molecule has 0 spiro atoms. The topological polar surface area (TPSA) is 97.0 Å². The largest absolute Gasteiger partial charge is 0.461 e. The summed E-state index contributed by atoms with van der Waals surface area (Å²) in [5.41, 5.74) is 1.86. The first-order chi connectivity index (χ1) is 14.6. The highest BCUT2D eigenvalue weighted by atomic mass is 16.5. The fourth-order valence-corrected chi connectivity index (χ4v) is 2.74. The lowest BCUT2D eigenvalue weighted by molar-refractivity contribution is -0.117. The van der Waals surface area contributed by atoms with Crippen molar-refractivity contribution in [2.24, 2.45) is 0 Å². The minimum atomic E-state index is -0.625. The predicted molar refractivity (Wildman–Crippen MR) is 111 cm³/mol. The van der Waals surface area contributed by atoms with Crippen molar-refractivity contribution in [3.05, 3.63) is 89.3 Å². The maximum absolute atomic E-state index is 12.5. The Labute approximate surface area is 174 Å². The number of benzene rings is 2. The first-order valence-corrected chi connectivity index (χ1v) is 9.38. The number of para-hydroxylation sites is 1. The van der Waals surface area contributed by atoms with Gasteiger partial charge in [-0.25, -0.2) is 9.48 Å². The monoisotopic (exact) mass is 400 g/mol. The van der Waals surface area contributed by atoms with Gasteiger partial charge in [0.25, 0.3) is 5.91 Å². The van der Waals surface area contributed by atoms with Gasteiger partial charge in [-0.1, -0.05) is 48.5 Å². The molecule has 1 aromatic heterocycles. The van der Waals surface area contributed by atoms with Gasteiger partial charge in [-0.05, 0) is 30.7 Å². The summed E-state index contributed by atoms with van der Waals surface area (Å²) in [6.45, 7) is 2.16. The number of nitriles is 1. The van der Waals surface area contributed by atoms with E-state index in [9.17, 15) is 14.9 Å². The second-order valence-corrected chi connectivity index (χ2v) is 6.27. The molecule has 0 unspecified atom stereocenters. The van der Waals surface area contributed by atoms with Crippen molar-refractivity contribution in [2.75, 3.05) is 6.61 Å². The molecule has 0 fully saturated rings. The average molecular weight is 400 g/mol. The van der Waals surface area contributed by atoms with E-state index < -0.39 is 11.9 Å². The molecular weight excluding hydrogens is 380 g/mol. The number of carbonyl (C=O) groups is 2. The van der Waals surface area contributed by atoms with Gasteiger partial charge in [0.15, 0.2) is 5.69 Å². The Hall–Kier alpha value is -4.18. The summed E-state index contributed by atoms with van der Waals surface area (Å²) in [6.07, 6.45) is 2.93. The molecular formula is C23H20N4O3. The van der Waals surface area contributed by atoms with Gasteiger partial charge < -0.3 is 10.1 Å². The quantitative estimate of drug-likeness (QED) is 0.373. The highest BCUT2D eigenvalue weighted by Gasteiger charge is 2.19. The van der Waals surface area contributed by atoms with Gasteiger partial charge in [0, 0.05) is 18.3 Å². The minimum Gasteiger partial charge on any atom is -0.461 e. The Balaban J connectivity index is 1.90. The van der Waals surface area contributed by atoms with Crippen molar-refractivity contribution in [3.63, 3.8) is 0 Å². The molecule has 1 heterocycles. The summed E-state index contributed by atoms with van der Waals surface area (Å²) in [4.78, 5) is 24.8. The second kappa shape index (κ2) is 9.85.